The molecular formula is C75H93N7O2. The number of pyridine rings is 3. The lowest BCUT2D eigenvalue weighted by Crippen LogP contribution is -1.87. The van der Waals surface area contributed by atoms with Crippen molar-refractivity contribution in [2.45, 2.75) is 139 Å². The van der Waals surface area contributed by atoms with Gasteiger partial charge in [0.1, 0.15) is 5.82 Å². The summed E-state index contributed by atoms with van der Waals surface area (Å²) in [5.41, 5.74) is 14.2. The number of hydrogen-bond donors (Lipinski definition) is 2. The number of hydrogen-bond acceptors (Lipinski definition) is 6. The number of imidazole rings is 1. The molecule has 0 saturated heterocycles. The number of H-pyrrole nitrogens is 2. The van der Waals surface area contributed by atoms with E-state index in [1.807, 2.05) is 105 Å². The lowest BCUT2D eigenvalue weighted by Gasteiger charge is -1.96. The molecule has 6 aromatic carbocycles. The summed E-state index contributed by atoms with van der Waals surface area (Å²) in [5, 5.41) is 11.5. The number of unbranched alkanes of at least 4 members (excludes halogenated alkanes) is 1. The Morgan fingerprint density at radius 1 is 0.417 bits per heavy atom. The predicted molar refractivity (Wildman–Crippen MR) is 358 cm³/mol. The second-order valence-corrected chi connectivity index (χ2v) is 19.3. The van der Waals surface area contributed by atoms with Gasteiger partial charge in [0, 0.05) is 66.9 Å². The molecule has 0 amide bonds. The monoisotopic (exact) mass is 1120 g/mol. The van der Waals surface area contributed by atoms with Crippen molar-refractivity contribution >= 4 is 27.6 Å². The molecule has 0 atom stereocenters. The average molecular weight is 1120 g/mol. The summed E-state index contributed by atoms with van der Waals surface area (Å²) in [7, 11) is 0. The molecule has 0 unspecified atom stereocenters. The lowest BCUT2D eigenvalue weighted by atomic mass is 10.1. The minimum atomic E-state index is -0.389. The van der Waals surface area contributed by atoms with E-state index in [0.29, 0.717) is 0 Å². The number of para-hydroxylation sites is 2. The number of aryl methyl sites for hydroxylation is 9. The van der Waals surface area contributed by atoms with Gasteiger partial charge >= 0.3 is 0 Å². The van der Waals surface area contributed by atoms with E-state index in [0.717, 1.165) is 73.1 Å². The Kier molecular flexibility index (Phi) is 37.0. The zero-order chi connectivity index (χ0) is 60.7. The first kappa shape index (κ1) is 69.4. The van der Waals surface area contributed by atoms with Gasteiger partial charge in [-0.25, -0.2) is 4.98 Å². The van der Waals surface area contributed by atoms with Crippen LogP contribution in [0.5, 0.6) is 0 Å². The molecule has 5 aromatic heterocycles. The Hall–Kier alpha value is -8.82. The number of nitrogens with one attached hydrogen (secondary N) is 2. The van der Waals surface area contributed by atoms with Crippen LogP contribution in [0.2, 0.25) is 0 Å². The number of benzene rings is 6. The van der Waals surface area contributed by atoms with Crippen LogP contribution >= 0.6 is 0 Å². The highest BCUT2D eigenvalue weighted by molar-refractivity contribution is 5.80. The van der Waals surface area contributed by atoms with Gasteiger partial charge in [-0.15, -0.1) is 0 Å². The fourth-order valence-electron chi connectivity index (χ4n) is 7.85. The van der Waals surface area contributed by atoms with Crippen LogP contribution in [0.3, 0.4) is 0 Å². The number of nitrogens with zero attached hydrogens (tertiary/aromatic N) is 5. The number of aromatic amines is 2. The largest absolute Gasteiger partial charge is 0.361 e. The standard InChI is InChI=1S/C10H11N.C10H14.C9H10N2.C9H12.C8H9NO2.C8H10.3C7H9N/c1-2-8-3-4-10-9(7-8)5-6-11-10;1-2-3-7-10-8-5-4-6-9-10;1-2-9-10-7-5-3-4-6-8(7)11-9;1-2-6-9-7-4-3-5-8-9;1-2-7-3-5-8(6-4-7)9(10)11;1-2-8-6-4-3-5-7-8;1-2-7-3-5-8-6-4-7;1-2-7-4-3-5-8-6-7;1-2-7-5-3-4-6-8-7/h3-7,11H,2H2,1H3;4-6,8-9H,2-3,7H2,1H3;3-6H,2H2,1H3,(H,10,11);3-5,7-8H,2,6H2,1H3;3-6H,2H2,1H3;3-7H,2H2,1H3;3*3-6H,2H2,1H3. The van der Waals surface area contributed by atoms with E-state index in [9.17, 15) is 10.1 Å². The van der Waals surface area contributed by atoms with E-state index in [-0.39, 0.29) is 10.6 Å². The molecule has 0 fully saturated rings. The Balaban J connectivity index is 0.000000248. The van der Waals surface area contributed by atoms with Crippen LogP contribution in [0.1, 0.15) is 132 Å². The maximum Gasteiger partial charge on any atom is 0.269 e. The van der Waals surface area contributed by atoms with Gasteiger partial charge in [0.2, 0.25) is 0 Å². The van der Waals surface area contributed by atoms with Crippen molar-refractivity contribution in [3.8, 4) is 0 Å². The van der Waals surface area contributed by atoms with Gasteiger partial charge in [-0.2, -0.15) is 0 Å². The molecule has 0 radical (unpaired) electrons. The fourth-order valence-corrected chi connectivity index (χ4v) is 7.85. The van der Waals surface area contributed by atoms with Crippen molar-refractivity contribution in [3.63, 3.8) is 0 Å². The molecule has 5 heterocycles. The second-order valence-electron chi connectivity index (χ2n) is 19.3. The zero-order valence-corrected chi connectivity index (χ0v) is 51.6. The number of nitro benzene ring substituents is 1. The molecule has 440 valence electrons. The first-order valence-electron chi connectivity index (χ1n) is 30.2. The van der Waals surface area contributed by atoms with Crippen LogP contribution in [0.25, 0.3) is 21.9 Å². The minimum Gasteiger partial charge on any atom is -0.361 e. The third-order valence-electron chi connectivity index (χ3n) is 13.0. The van der Waals surface area contributed by atoms with Gasteiger partial charge in [0.05, 0.1) is 16.0 Å². The molecule has 11 rings (SSSR count). The Morgan fingerprint density at radius 2 is 0.952 bits per heavy atom. The van der Waals surface area contributed by atoms with E-state index in [1.165, 1.54) is 88.5 Å². The number of aromatic nitrogens is 6. The summed E-state index contributed by atoms with van der Waals surface area (Å²) >= 11 is 0. The van der Waals surface area contributed by atoms with Gasteiger partial charge in [-0.3, -0.25) is 25.1 Å². The van der Waals surface area contributed by atoms with Gasteiger partial charge < -0.3 is 9.97 Å². The normalized spacial score (nSPS) is 9.68. The van der Waals surface area contributed by atoms with Crippen molar-refractivity contribution in [1.29, 1.82) is 0 Å². The lowest BCUT2D eigenvalue weighted by molar-refractivity contribution is -0.384. The van der Waals surface area contributed by atoms with Gasteiger partial charge in [0.15, 0.2) is 0 Å². The molecule has 0 spiro atoms. The van der Waals surface area contributed by atoms with Crippen LogP contribution in [0.15, 0.2) is 243 Å². The van der Waals surface area contributed by atoms with Crippen molar-refractivity contribution < 1.29 is 4.92 Å². The minimum absolute atomic E-state index is 0.155. The number of fused-ring (bicyclic) bond motifs is 2. The quantitative estimate of drug-likeness (QED) is 0.0875. The smallest absolute Gasteiger partial charge is 0.269 e. The van der Waals surface area contributed by atoms with Crippen molar-refractivity contribution in [2.75, 3.05) is 0 Å². The topological polar surface area (TPSA) is 126 Å². The third-order valence-corrected chi connectivity index (χ3v) is 13.0. The van der Waals surface area contributed by atoms with E-state index < -0.39 is 0 Å². The number of non-ortho nitro benzene ring substituents is 1. The van der Waals surface area contributed by atoms with E-state index in [4.69, 9.17) is 0 Å². The van der Waals surface area contributed by atoms with Crippen LogP contribution in [-0.4, -0.2) is 34.8 Å². The van der Waals surface area contributed by atoms with Gasteiger partial charge in [0.25, 0.3) is 5.69 Å². The first-order valence-corrected chi connectivity index (χ1v) is 30.2. The second kappa shape index (κ2) is 44.8. The van der Waals surface area contributed by atoms with Gasteiger partial charge in [-0.1, -0.05) is 209 Å². The SMILES string of the molecule is CCCCc1ccccc1.CCCc1ccccc1.CCc1ccc([N+](=O)[O-])cc1.CCc1ccc2[nH]ccc2c1.CCc1ccccc1.CCc1ccccn1.CCc1cccnc1.CCc1ccncc1.CCc1nc2ccccc2[nH]1. The number of rotatable bonds is 13. The molecule has 0 aliphatic carbocycles. The molecule has 2 N–H and O–H groups in total. The maximum atomic E-state index is 10.2. The van der Waals surface area contributed by atoms with Crippen molar-refractivity contribution in [3.05, 3.63) is 304 Å². The average Bonchev–Trinajstić information content (AvgIpc) is 4.46. The molecule has 0 saturated carbocycles. The highest BCUT2D eigenvalue weighted by Gasteiger charge is 2.02. The molecule has 9 heteroatoms. The van der Waals surface area contributed by atoms with E-state index >= 15 is 0 Å². The molecule has 11 aromatic rings. The predicted octanol–water partition coefficient (Wildman–Crippen LogP) is 19.9. The first-order chi connectivity index (χ1) is 41.1. The highest BCUT2D eigenvalue weighted by Crippen LogP contribution is 2.15. The summed E-state index contributed by atoms with van der Waals surface area (Å²) < 4.78 is 0. The van der Waals surface area contributed by atoms with Crippen LogP contribution in [0, 0.1) is 10.1 Å². The van der Waals surface area contributed by atoms with E-state index in [1.54, 1.807) is 18.3 Å². The summed E-state index contributed by atoms with van der Waals surface area (Å²) in [6, 6.07) is 69.0. The third kappa shape index (κ3) is 30.3. The van der Waals surface area contributed by atoms with Crippen LogP contribution in [0.4, 0.5) is 5.69 Å². The Morgan fingerprint density at radius 3 is 1.42 bits per heavy atom. The van der Waals surface area contributed by atoms with Crippen LogP contribution in [-0.2, 0) is 57.8 Å². The molecule has 0 bridgehead atoms. The van der Waals surface area contributed by atoms with E-state index in [2.05, 4.69) is 201 Å². The van der Waals surface area contributed by atoms with Crippen molar-refractivity contribution in [1.82, 2.24) is 29.9 Å². The zero-order valence-electron chi connectivity index (χ0n) is 51.6. The van der Waals surface area contributed by atoms with Crippen molar-refractivity contribution in [2.24, 2.45) is 0 Å². The fraction of sp³-hybridized carbons (Fsp3) is 0.280. The molecular weight excluding hydrogens is 1030 g/mol. The van der Waals surface area contributed by atoms with Crippen LogP contribution < -0.4 is 0 Å². The Bertz CT molecular complexity index is 3090. The highest BCUT2D eigenvalue weighted by atomic mass is 16.6. The summed E-state index contributed by atoms with van der Waals surface area (Å²) in [6.45, 7) is 19.2. The summed E-state index contributed by atoms with van der Waals surface area (Å²) in [6.07, 6.45) is 24.7. The summed E-state index contributed by atoms with van der Waals surface area (Å²) in [4.78, 5) is 32.5. The Labute approximate surface area is 503 Å². The van der Waals surface area contributed by atoms with Gasteiger partial charge in [-0.05, 0) is 163 Å². The molecule has 9 nitrogen and oxygen atoms in total. The number of nitro groups is 1. The molecule has 84 heavy (non-hydrogen) atoms. The maximum absolute atomic E-state index is 10.2. The molecule has 0 aliphatic heterocycles. The summed E-state index contributed by atoms with van der Waals surface area (Å²) in [5.74, 6) is 1.06. The molecule has 0 aliphatic rings.